The Labute approximate surface area is 160 Å². The number of carbonyl (C=O) groups excluding carboxylic acids is 1. The Kier molecular flexibility index (Phi) is 5.68. The van der Waals surface area contributed by atoms with Gasteiger partial charge in [0.05, 0.1) is 17.1 Å². The van der Waals surface area contributed by atoms with Gasteiger partial charge in [0.15, 0.2) is 0 Å². The standard InChI is InChI=1S/C21H18BrNO3/c1-26-21(25)17-9-11-18(12-10-17)23-14-13-16(19(22)20(23)24)8-7-15-5-3-2-4-6-15/h2-6,9-14H,7-8H2,1H3. The first-order chi connectivity index (χ1) is 12.6. The molecular formula is C21H18BrNO3. The molecule has 5 heteroatoms. The first-order valence-electron chi connectivity index (χ1n) is 8.23. The average Bonchev–Trinajstić information content (AvgIpc) is 2.69. The lowest BCUT2D eigenvalue weighted by Gasteiger charge is -2.10. The maximum Gasteiger partial charge on any atom is 0.337 e. The maximum absolute atomic E-state index is 12.7. The number of methoxy groups -OCH3 is 1. The Morgan fingerprint density at radius 2 is 1.69 bits per heavy atom. The van der Waals surface area contributed by atoms with Gasteiger partial charge in [0, 0.05) is 11.9 Å². The molecule has 0 fully saturated rings. The van der Waals surface area contributed by atoms with Crippen LogP contribution in [0.3, 0.4) is 0 Å². The first-order valence-corrected chi connectivity index (χ1v) is 9.02. The highest BCUT2D eigenvalue weighted by Crippen LogP contribution is 2.17. The molecule has 0 N–H and O–H groups in total. The van der Waals surface area contributed by atoms with Gasteiger partial charge in [0.25, 0.3) is 5.56 Å². The van der Waals surface area contributed by atoms with Crippen molar-refractivity contribution in [3.63, 3.8) is 0 Å². The number of aromatic nitrogens is 1. The third-order valence-electron chi connectivity index (χ3n) is 4.21. The summed E-state index contributed by atoms with van der Waals surface area (Å²) in [5.41, 5.74) is 3.23. The van der Waals surface area contributed by atoms with Crippen molar-refractivity contribution in [1.29, 1.82) is 0 Å². The number of benzene rings is 2. The zero-order valence-electron chi connectivity index (χ0n) is 14.3. The molecule has 0 bridgehead atoms. The van der Waals surface area contributed by atoms with Crippen LogP contribution in [-0.2, 0) is 17.6 Å². The first kappa shape index (κ1) is 18.1. The minimum atomic E-state index is -0.402. The highest BCUT2D eigenvalue weighted by atomic mass is 79.9. The van der Waals surface area contributed by atoms with Gasteiger partial charge in [0.1, 0.15) is 0 Å². The number of pyridine rings is 1. The minimum Gasteiger partial charge on any atom is -0.465 e. The van der Waals surface area contributed by atoms with Crippen LogP contribution in [-0.4, -0.2) is 17.6 Å². The van der Waals surface area contributed by atoms with Crippen LogP contribution in [0.1, 0.15) is 21.5 Å². The van der Waals surface area contributed by atoms with Crippen LogP contribution in [0.25, 0.3) is 5.69 Å². The van der Waals surface area contributed by atoms with E-state index in [1.807, 2.05) is 24.3 Å². The van der Waals surface area contributed by atoms with Crippen molar-refractivity contribution < 1.29 is 9.53 Å². The molecule has 0 aliphatic heterocycles. The SMILES string of the molecule is COC(=O)c1ccc(-n2ccc(CCc3ccccc3)c(Br)c2=O)cc1. The minimum absolute atomic E-state index is 0.124. The molecule has 0 radical (unpaired) electrons. The maximum atomic E-state index is 12.7. The van der Waals surface area contributed by atoms with Crippen LogP contribution in [0, 0.1) is 0 Å². The van der Waals surface area contributed by atoms with Crippen molar-refractivity contribution in [2.24, 2.45) is 0 Å². The Hall–Kier alpha value is -2.66. The Bertz CT molecular complexity index is 963. The third kappa shape index (κ3) is 3.94. The van der Waals surface area contributed by atoms with E-state index in [0.717, 1.165) is 18.4 Å². The zero-order chi connectivity index (χ0) is 18.5. The summed E-state index contributed by atoms with van der Waals surface area (Å²) in [5.74, 6) is -0.402. The van der Waals surface area contributed by atoms with Crippen LogP contribution in [0.15, 0.2) is 76.1 Å². The van der Waals surface area contributed by atoms with Gasteiger partial charge in [-0.25, -0.2) is 4.79 Å². The summed E-state index contributed by atoms with van der Waals surface area (Å²) in [6.45, 7) is 0. The van der Waals surface area contributed by atoms with Gasteiger partial charge in [0.2, 0.25) is 0 Å². The van der Waals surface area contributed by atoms with Crippen molar-refractivity contribution in [2.45, 2.75) is 12.8 Å². The normalized spacial score (nSPS) is 10.5. The van der Waals surface area contributed by atoms with E-state index in [4.69, 9.17) is 0 Å². The molecular weight excluding hydrogens is 394 g/mol. The summed E-state index contributed by atoms with van der Waals surface area (Å²) in [6, 6.07) is 18.9. The zero-order valence-corrected chi connectivity index (χ0v) is 15.9. The lowest BCUT2D eigenvalue weighted by molar-refractivity contribution is 0.0601. The molecule has 2 aromatic carbocycles. The number of carbonyl (C=O) groups is 1. The highest BCUT2D eigenvalue weighted by molar-refractivity contribution is 9.10. The molecule has 4 nitrogen and oxygen atoms in total. The number of aryl methyl sites for hydroxylation is 2. The van der Waals surface area contributed by atoms with Gasteiger partial charge in [-0.2, -0.15) is 0 Å². The third-order valence-corrected chi connectivity index (χ3v) is 5.05. The fourth-order valence-corrected chi connectivity index (χ4v) is 3.27. The van der Waals surface area contributed by atoms with Crippen molar-refractivity contribution in [2.75, 3.05) is 7.11 Å². The molecule has 26 heavy (non-hydrogen) atoms. The summed E-state index contributed by atoms with van der Waals surface area (Å²) in [6.07, 6.45) is 3.42. The molecule has 3 rings (SSSR count). The Balaban J connectivity index is 1.83. The molecule has 0 spiro atoms. The van der Waals surface area contributed by atoms with Gasteiger partial charge >= 0.3 is 5.97 Å². The van der Waals surface area contributed by atoms with Crippen molar-refractivity contribution in [3.8, 4) is 5.69 Å². The van der Waals surface area contributed by atoms with Gasteiger partial charge in [-0.05, 0) is 70.2 Å². The van der Waals surface area contributed by atoms with Crippen LogP contribution in [0.2, 0.25) is 0 Å². The number of halogens is 1. The molecule has 3 aromatic rings. The number of hydrogen-bond acceptors (Lipinski definition) is 3. The number of rotatable bonds is 5. The molecule has 0 atom stereocenters. The van der Waals surface area contributed by atoms with Crippen molar-refractivity contribution in [1.82, 2.24) is 4.57 Å². The predicted octanol–water partition coefficient (Wildman–Crippen LogP) is 4.17. The van der Waals surface area contributed by atoms with E-state index in [1.54, 1.807) is 35.0 Å². The number of nitrogens with zero attached hydrogens (tertiary/aromatic N) is 1. The predicted molar refractivity (Wildman–Crippen MR) is 105 cm³/mol. The quantitative estimate of drug-likeness (QED) is 0.591. The second-order valence-corrected chi connectivity index (χ2v) is 6.65. The number of hydrogen-bond donors (Lipinski definition) is 0. The molecule has 0 saturated carbocycles. The molecule has 0 aliphatic carbocycles. The fourth-order valence-electron chi connectivity index (χ4n) is 2.74. The van der Waals surface area contributed by atoms with Crippen molar-refractivity contribution in [3.05, 3.63) is 98.4 Å². The summed E-state index contributed by atoms with van der Waals surface area (Å²) in [4.78, 5) is 24.2. The lowest BCUT2D eigenvalue weighted by Crippen LogP contribution is -2.20. The highest BCUT2D eigenvalue weighted by Gasteiger charge is 2.10. The molecule has 1 aromatic heterocycles. The molecule has 1 heterocycles. The van der Waals surface area contributed by atoms with E-state index in [9.17, 15) is 9.59 Å². The van der Waals surface area contributed by atoms with Crippen LogP contribution in [0.5, 0.6) is 0 Å². The second-order valence-electron chi connectivity index (χ2n) is 5.85. The summed E-state index contributed by atoms with van der Waals surface area (Å²) in [5, 5.41) is 0. The summed E-state index contributed by atoms with van der Waals surface area (Å²) in [7, 11) is 1.34. The molecule has 0 aliphatic rings. The van der Waals surface area contributed by atoms with E-state index in [2.05, 4.69) is 32.8 Å². The van der Waals surface area contributed by atoms with E-state index >= 15 is 0 Å². The monoisotopic (exact) mass is 411 g/mol. The fraction of sp³-hybridized carbons (Fsp3) is 0.143. The lowest BCUT2D eigenvalue weighted by atomic mass is 10.1. The van der Waals surface area contributed by atoms with E-state index in [1.165, 1.54) is 12.7 Å². The Morgan fingerprint density at radius 3 is 2.35 bits per heavy atom. The topological polar surface area (TPSA) is 48.3 Å². The van der Waals surface area contributed by atoms with E-state index < -0.39 is 5.97 Å². The van der Waals surface area contributed by atoms with Gasteiger partial charge in [-0.3, -0.25) is 9.36 Å². The molecule has 132 valence electrons. The van der Waals surface area contributed by atoms with Crippen molar-refractivity contribution >= 4 is 21.9 Å². The summed E-state index contributed by atoms with van der Waals surface area (Å²) >= 11 is 3.44. The average molecular weight is 412 g/mol. The Morgan fingerprint density at radius 1 is 1.00 bits per heavy atom. The summed E-state index contributed by atoms with van der Waals surface area (Å²) < 4.78 is 6.80. The van der Waals surface area contributed by atoms with Crippen LogP contribution < -0.4 is 5.56 Å². The van der Waals surface area contributed by atoms with Crippen LogP contribution in [0.4, 0.5) is 0 Å². The van der Waals surface area contributed by atoms with E-state index in [-0.39, 0.29) is 5.56 Å². The van der Waals surface area contributed by atoms with Crippen LogP contribution >= 0.6 is 15.9 Å². The molecule has 0 unspecified atom stereocenters. The number of esters is 1. The van der Waals surface area contributed by atoms with Gasteiger partial charge < -0.3 is 4.74 Å². The molecule has 0 amide bonds. The largest absolute Gasteiger partial charge is 0.465 e. The van der Waals surface area contributed by atoms with Gasteiger partial charge in [-0.1, -0.05) is 30.3 Å². The smallest absolute Gasteiger partial charge is 0.337 e. The number of ether oxygens (including phenoxy) is 1. The second kappa shape index (κ2) is 8.15. The van der Waals surface area contributed by atoms with E-state index in [0.29, 0.717) is 15.7 Å². The molecule has 0 saturated heterocycles. The van der Waals surface area contributed by atoms with Gasteiger partial charge in [-0.15, -0.1) is 0 Å².